The number of halogens is 1. The van der Waals surface area contributed by atoms with Gasteiger partial charge in [-0.25, -0.2) is 4.52 Å². The van der Waals surface area contributed by atoms with Crippen molar-refractivity contribution in [1.29, 1.82) is 0 Å². The van der Waals surface area contributed by atoms with Gasteiger partial charge in [-0.15, -0.1) is 17.5 Å². The summed E-state index contributed by atoms with van der Waals surface area (Å²) in [5, 5.41) is 19.1. The lowest BCUT2D eigenvalue weighted by Gasteiger charge is -2.21. The van der Waals surface area contributed by atoms with Crippen molar-refractivity contribution in [2.75, 3.05) is 25.0 Å². The molecule has 2 N–H and O–H groups in total. The third-order valence-electron chi connectivity index (χ3n) is 4.91. The number of pyridine rings is 1. The van der Waals surface area contributed by atoms with Crippen molar-refractivity contribution >= 4 is 29.6 Å². The third kappa shape index (κ3) is 4.65. The van der Waals surface area contributed by atoms with Crippen LogP contribution in [-0.2, 0) is 0 Å². The Morgan fingerprint density at radius 2 is 2.07 bits per heavy atom. The van der Waals surface area contributed by atoms with E-state index >= 15 is 0 Å². The quantitative estimate of drug-likeness (QED) is 0.664. The zero-order valence-corrected chi connectivity index (χ0v) is 17.3. The fraction of sp³-hybridized carbons (Fsp3) is 0.400. The molecule has 1 fully saturated rings. The van der Waals surface area contributed by atoms with Crippen LogP contribution in [-0.4, -0.2) is 45.4 Å². The lowest BCUT2D eigenvalue weighted by atomic mass is 9.94. The highest BCUT2D eigenvalue weighted by atomic mass is 35.5. The van der Waals surface area contributed by atoms with Crippen molar-refractivity contribution in [2.45, 2.75) is 32.6 Å². The topological polar surface area (TPSA) is 93.4 Å². The van der Waals surface area contributed by atoms with Gasteiger partial charge in [0.15, 0.2) is 5.82 Å². The first-order valence-corrected chi connectivity index (χ1v) is 9.62. The van der Waals surface area contributed by atoms with Gasteiger partial charge < -0.3 is 15.4 Å². The summed E-state index contributed by atoms with van der Waals surface area (Å²) in [4.78, 5) is 12.9. The maximum Gasteiger partial charge on any atom is 0.260 e. The number of carbonyl (C=O) groups excluding carboxylic acids is 1. The number of nitrogens with zero attached hydrogens (tertiary/aromatic N) is 4. The number of piperidine rings is 1. The van der Waals surface area contributed by atoms with Crippen LogP contribution in [0.15, 0.2) is 30.5 Å². The number of fused-ring (bicyclic) bond motifs is 1. The van der Waals surface area contributed by atoms with Crippen LogP contribution in [0.5, 0.6) is 5.75 Å². The zero-order valence-electron chi connectivity index (χ0n) is 16.5. The van der Waals surface area contributed by atoms with Crippen LogP contribution >= 0.6 is 12.4 Å². The predicted molar refractivity (Wildman–Crippen MR) is 113 cm³/mol. The molecule has 1 aliphatic heterocycles. The minimum Gasteiger partial charge on any atom is -0.491 e. The SMILES string of the molecule is CCOc1cn2nc(C)cc2cc1C(=O)Nc1ccc(C2CCNCC2)nn1.Cl. The number of nitrogens with one attached hydrogen (secondary N) is 2. The van der Waals surface area contributed by atoms with Gasteiger partial charge in [-0.05, 0) is 64.0 Å². The van der Waals surface area contributed by atoms with Crippen LogP contribution < -0.4 is 15.4 Å². The first kappa shape index (κ1) is 21.0. The summed E-state index contributed by atoms with van der Waals surface area (Å²) in [6, 6.07) is 7.45. The van der Waals surface area contributed by atoms with Gasteiger partial charge in [0.25, 0.3) is 5.91 Å². The molecule has 0 unspecified atom stereocenters. The number of rotatable bonds is 5. The van der Waals surface area contributed by atoms with Crippen LogP contribution in [0, 0.1) is 6.92 Å². The summed E-state index contributed by atoms with van der Waals surface area (Å²) in [5.74, 6) is 1.05. The second-order valence-electron chi connectivity index (χ2n) is 6.96. The Labute approximate surface area is 175 Å². The van der Waals surface area contributed by atoms with E-state index in [1.165, 1.54) is 0 Å². The molecule has 9 heteroatoms. The highest BCUT2D eigenvalue weighted by molar-refractivity contribution is 6.06. The van der Waals surface area contributed by atoms with E-state index in [9.17, 15) is 4.79 Å². The molecule has 4 heterocycles. The molecule has 8 nitrogen and oxygen atoms in total. The number of amides is 1. The van der Waals surface area contributed by atoms with E-state index in [0.717, 1.165) is 42.8 Å². The van der Waals surface area contributed by atoms with Crippen molar-refractivity contribution < 1.29 is 9.53 Å². The second kappa shape index (κ2) is 9.19. The molecule has 0 spiro atoms. The summed E-state index contributed by atoms with van der Waals surface area (Å²) in [7, 11) is 0. The molecule has 0 aliphatic carbocycles. The van der Waals surface area contributed by atoms with E-state index in [1.807, 2.05) is 32.0 Å². The molecule has 4 rings (SSSR count). The molecule has 1 aliphatic rings. The van der Waals surface area contributed by atoms with Crippen molar-refractivity contribution in [2.24, 2.45) is 0 Å². The van der Waals surface area contributed by atoms with E-state index in [4.69, 9.17) is 4.74 Å². The van der Waals surface area contributed by atoms with Gasteiger partial charge in [0.1, 0.15) is 5.75 Å². The van der Waals surface area contributed by atoms with E-state index in [1.54, 1.807) is 16.8 Å². The Morgan fingerprint density at radius 3 is 2.76 bits per heavy atom. The summed E-state index contributed by atoms with van der Waals surface area (Å²) in [5.41, 5.74) is 3.13. The molecule has 0 atom stereocenters. The molecule has 1 amide bonds. The Bertz CT molecular complexity index is 983. The number of carbonyl (C=O) groups is 1. The van der Waals surface area contributed by atoms with Crippen molar-refractivity contribution in [3.63, 3.8) is 0 Å². The van der Waals surface area contributed by atoms with Gasteiger partial charge in [0.05, 0.1) is 35.3 Å². The molecule has 0 bridgehead atoms. The number of aryl methyl sites for hydroxylation is 1. The third-order valence-corrected chi connectivity index (χ3v) is 4.91. The maximum absolute atomic E-state index is 12.9. The van der Waals surface area contributed by atoms with E-state index in [-0.39, 0.29) is 18.3 Å². The van der Waals surface area contributed by atoms with E-state index < -0.39 is 0 Å². The fourth-order valence-corrected chi connectivity index (χ4v) is 3.52. The largest absolute Gasteiger partial charge is 0.491 e. The van der Waals surface area contributed by atoms with Gasteiger partial charge in [-0.2, -0.15) is 10.2 Å². The molecule has 0 radical (unpaired) electrons. The summed E-state index contributed by atoms with van der Waals surface area (Å²) in [6.07, 6.45) is 3.85. The second-order valence-corrected chi connectivity index (χ2v) is 6.96. The molecule has 3 aromatic heterocycles. The average molecular weight is 417 g/mol. The fourth-order valence-electron chi connectivity index (χ4n) is 3.52. The smallest absolute Gasteiger partial charge is 0.260 e. The summed E-state index contributed by atoms with van der Waals surface area (Å²) >= 11 is 0. The predicted octanol–water partition coefficient (Wildman–Crippen LogP) is 2.97. The van der Waals surface area contributed by atoms with Crippen molar-refractivity contribution in [1.82, 2.24) is 25.1 Å². The molecule has 0 saturated carbocycles. The standard InChI is InChI=1S/C20H24N6O2.ClH/c1-3-28-18-12-26-15(10-13(2)25-26)11-16(18)20(27)22-19-5-4-17(23-24-19)14-6-8-21-9-7-14;/h4-5,10-12,14,21H,3,6-9H2,1-2H3,(H,22,24,27);1H. The van der Waals surface area contributed by atoms with Crippen molar-refractivity contribution in [3.8, 4) is 5.75 Å². The Hall–Kier alpha value is -2.71. The first-order valence-electron chi connectivity index (χ1n) is 9.62. The Morgan fingerprint density at radius 1 is 1.28 bits per heavy atom. The number of aromatic nitrogens is 4. The molecule has 29 heavy (non-hydrogen) atoms. The number of hydrogen-bond donors (Lipinski definition) is 2. The normalized spacial score (nSPS) is 14.4. The average Bonchev–Trinajstić information content (AvgIpc) is 3.08. The number of anilines is 1. The van der Waals surface area contributed by atoms with Gasteiger partial charge in [-0.1, -0.05) is 0 Å². The molecule has 154 valence electrons. The lowest BCUT2D eigenvalue weighted by molar-refractivity contribution is 0.102. The van der Waals surface area contributed by atoms with Crippen LogP contribution in [0.3, 0.4) is 0 Å². The zero-order chi connectivity index (χ0) is 19.5. The molecule has 0 aromatic carbocycles. The molecular formula is C20H25ClN6O2. The lowest BCUT2D eigenvalue weighted by Crippen LogP contribution is -2.27. The summed E-state index contributed by atoms with van der Waals surface area (Å²) < 4.78 is 7.36. The van der Waals surface area contributed by atoms with E-state index in [2.05, 4.69) is 25.9 Å². The summed E-state index contributed by atoms with van der Waals surface area (Å²) in [6.45, 7) is 6.25. The number of hydrogen-bond acceptors (Lipinski definition) is 6. The Kier molecular flexibility index (Phi) is 6.66. The van der Waals surface area contributed by atoms with Crippen molar-refractivity contribution in [3.05, 3.63) is 47.4 Å². The first-order chi connectivity index (χ1) is 13.6. The highest BCUT2D eigenvalue weighted by Gasteiger charge is 2.19. The monoisotopic (exact) mass is 416 g/mol. The van der Waals surface area contributed by atoms with E-state index in [0.29, 0.717) is 29.7 Å². The maximum atomic E-state index is 12.9. The van der Waals surface area contributed by atoms with Crippen LogP contribution in [0.25, 0.3) is 5.52 Å². The Balaban J connectivity index is 0.00000240. The molecule has 1 saturated heterocycles. The number of ether oxygens (including phenoxy) is 1. The molecular weight excluding hydrogens is 392 g/mol. The van der Waals surface area contributed by atoms with Gasteiger partial charge in [-0.3, -0.25) is 4.79 Å². The van der Waals surface area contributed by atoms with Crippen LogP contribution in [0.4, 0.5) is 5.82 Å². The van der Waals surface area contributed by atoms with Gasteiger partial charge in [0, 0.05) is 5.92 Å². The minimum absolute atomic E-state index is 0. The minimum atomic E-state index is -0.284. The highest BCUT2D eigenvalue weighted by Crippen LogP contribution is 2.25. The van der Waals surface area contributed by atoms with Crippen LogP contribution in [0.1, 0.15) is 47.4 Å². The van der Waals surface area contributed by atoms with Gasteiger partial charge >= 0.3 is 0 Å². The molecule has 3 aromatic rings. The van der Waals surface area contributed by atoms with Gasteiger partial charge in [0.2, 0.25) is 0 Å². The van der Waals surface area contributed by atoms with Crippen LogP contribution in [0.2, 0.25) is 0 Å².